The molecule has 3 aromatic rings. The van der Waals surface area contributed by atoms with E-state index >= 15 is 0 Å². The van der Waals surface area contributed by atoms with Crippen LogP contribution in [-0.2, 0) is 4.79 Å². The van der Waals surface area contributed by atoms with E-state index in [1.54, 1.807) is 30.3 Å². The van der Waals surface area contributed by atoms with Gasteiger partial charge in [0.25, 0.3) is 0 Å². The number of anilines is 1. The largest absolute Gasteiger partial charge is 0.495 e. The molecule has 0 fully saturated rings. The van der Waals surface area contributed by atoms with Crippen molar-refractivity contribution in [2.75, 3.05) is 48.0 Å². The Morgan fingerprint density at radius 1 is 0.725 bits per heavy atom. The van der Waals surface area contributed by atoms with Crippen LogP contribution in [0.4, 0.5) is 11.4 Å². The minimum atomic E-state index is -0.583. The molecule has 0 aliphatic rings. The van der Waals surface area contributed by atoms with Gasteiger partial charge in [0.05, 0.1) is 53.3 Å². The Morgan fingerprint density at radius 2 is 1.27 bits per heavy atom. The summed E-state index contributed by atoms with van der Waals surface area (Å²) in [5, 5.41) is 14.3. The van der Waals surface area contributed by atoms with Gasteiger partial charge in [0.1, 0.15) is 5.75 Å². The van der Waals surface area contributed by atoms with Crippen molar-refractivity contribution in [2.24, 2.45) is 0 Å². The van der Waals surface area contributed by atoms with E-state index in [0.717, 1.165) is 5.56 Å². The summed E-state index contributed by atoms with van der Waals surface area (Å²) in [6.07, 6.45) is 6.32. The van der Waals surface area contributed by atoms with Crippen LogP contribution in [0.1, 0.15) is 16.7 Å². The minimum Gasteiger partial charge on any atom is -0.495 e. The first kappa shape index (κ1) is 29.4. The lowest BCUT2D eigenvalue weighted by atomic mass is 10.1. The molecule has 0 heterocycles. The number of nitro groups is 1. The Morgan fingerprint density at radius 3 is 1.80 bits per heavy atom. The highest BCUT2D eigenvalue weighted by molar-refractivity contribution is 6.04. The van der Waals surface area contributed by atoms with Gasteiger partial charge in [-0.05, 0) is 41.5 Å². The maximum absolute atomic E-state index is 12.9. The number of ether oxygens (including phenoxy) is 6. The summed E-state index contributed by atoms with van der Waals surface area (Å²) in [6, 6.07) is 11.7. The van der Waals surface area contributed by atoms with Crippen LogP contribution >= 0.6 is 0 Å². The second kappa shape index (κ2) is 13.6. The highest BCUT2D eigenvalue weighted by Gasteiger charge is 2.21. The molecule has 0 aliphatic heterocycles. The molecule has 210 valence electrons. The molecule has 0 saturated carbocycles. The van der Waals surface area contributed by atoms with Crippen molar-refractivity contribution in [1.29, 1.82) is 0 Å². The summed E-state index contributed by atoms with van der Waals surface area (Å²) in [6.45, 7) is 0. The second-order valence-electron chi connectivity index (χ2n) is 8.07. The zero-order valence-corrected chi connectivity index (χ0v) is 23.0. The van der Waals surface area contributed by atoms with Crippen LogP contribution < -0.4 is 33.7 Å². The summed E-state index contributed by atoms with van der Waals surface area (Å²) >= 11 is 0. The SMILES string of the molecule is COc1cccc(C=Cc2cc(OC)c(OC)c(OC)c2)c1NC(=O)/C=C/c1cc(OC)c(OC)c([N+](=O)[O-])c1. The van der Waals surface area contributed by atoms with E-state index in [0.29, 0.717) is 39.8 Å². The van der Waals surface area contributed by atoms with E-state index in [2.05, 4.69) is 5.32 Å². The number of hydrogen-bond donors (Lipinski definition) is 1. The van der Waals surface area contributed by atoms with Crippen molar-refractivity contribution in [3.8, 4) is 34.5 Å². The monoisotopic (exact) mass is 550 g/mol. The van der Waals surface area contributed by atoms with E-state index in [4.69, 9.17) is 28.4 Å². The van der Waals surface area contributed by atoms with Crippen molar-refractivity contribution in [3.63, 3.8) is 0 Å². The molecule has 3 aromatic carbocycles. The number of methoxy groups -OCH3 is 6. The van der Waals surface area contributed by atoms with Crippen LogP contribution in [0.5, 0.6) is 34.5 Å². The summed E-state index contributed by atoms with van der Waals surface area (Å²) < 4.78 is 32.0. The van der Waals surface area contributed by atoms with E-state index in [1.165, 1.54) is 66.9 Å². The topological polar surface area (TPSA) is 128 Å². The maximum Gasteiger partial charge on any atom is 0.315 e. The van der Waals surface area contributed by atoms with Gasteiger partial charge >= 0.3 is 5.69 Å². The molecule has 0 radical (unpaired) electrons. The van der Waals surface area contributed by atoms with Crippen LogP contribution in [0.25, 0.3) is 18.2 Å². The number of amides is 1. The smallest absolute Gasteiger partial charge is 0.315 e. The van der Waals surface area contributed by atoms with E-state index in [9.17, 15) is 14.9 Å². The third-order valence-corrected chi connectivity index (χ3v) is 5.77. The van der Waals surface area contributed by atoms with Gasteiger partial charge in [-0.3, -0.25) is 14.9 Å². The van der Waals surface area contributed by atoms with E-state index in [-0.39, 0.29) is 17.2 Å². The number of para-hydroxylation sites is 1. The predicted octanol–water partition coefficient (Wildman–Crippen LogP) is 5.47. The third-order valence-electron chi connectivity index (χ3n) is 5.77. The summed E-state index contributed by atoms with van der Waals surface area (Å²) in [5.74, 6) is 1.60. The number of rotatable bonds is 12. The van der Waals surface area contributed by atoms with E-state index < -0.39 is 10.8 Å². The molecular formula is C29H30N2O9. The zero-order chi connectivity index (χ0) is 29.2. The Hall–Kier alpha value is -5.19. The molecule has 40 heavy (non-hydrogen) atoms. The first-order chi connectivity index (χ1) is 19.3. The number of nitrogens with one attached hydrogen (secondary N) is 1. The molecule has 0 aromatic heterocycles. The Bertz CT molecular complexity index is 1420. The Labute approximate surface area is 231 Å². The fourth-order valence-corrected chi connectivity index (χ4v) is 3.91. The molecule has 0 unspecified atom stereocenters. The number of nitro benzene ring substituents is 1. The van der Waals surface area contributed by atoms with Crippen LogP contribution in [-0.4, -0.2) is 53.5 Å². The van der Waals surface area contributed by atoms with Gasteiger partial charge in [0.2, 0.25) is 17.4 Å². The molecular weight excluding hydrogens is 520 g/mol. The molecule has 0 atom stereocenters. The van der Waals surface area contributed by atoms with Gasteiger partial charge in [0, 0.05) is 17.7 Å². The molecule has 3 rings (SSSR count). The van der Waals surface area contributed by atoms with Crippen molar-refractivity contribution in [3.05, 3.63) is 75.3 Å². The van der Waals surface area contributed by atoms with Gasteiger partial charge in [-0.1, -0.05) is 24.3 Å². The van der Waals surface area contributed by atoms with Gasteiger partial charge in [-0.15, -0.1) is 0 Å². The Kier molecular flexibility index (Phi) is 9.95. The van der Waals surface area contributed by atoms with Crippen molar-refractivity contribution in [2.45, 2.75) is 0 Å². The first-order valence-electron chi connectivity index (χ1n) is 11.8. The fraction of sp³-hybridized carbons (Fsp3) is 0.207. The summed E-state index contributed by atoms with van der Waals surface area (Å²) in [4.78, 5) is 23.8. The normalized spacial score (nSPS) is 10.8. The molecule has 11 nitrogen and oxygen atoms in total. The first-order valence-corrected chi connectivity index (χ1v) is 11.8. The summed E-state index contributed by atoms with van der Waals surface area (Å²) in [7, 11) is 8.78. The molecule has 11 heteroatoms. The van der Waals surface area contributed by atoms with Gasteiger partial charge in [0.15, 0.2) is 17.2 Å². The number of nitrogens with zero attached hydrogens (tertiary/aromatic N) is 1. The van der Waals surface area contributed by atoms with Gasteiger partial charge < -0.3 is 33.7 Å². The average molecular weight is 551 g/mol. The number of carbonyl (C=O) groups is 1. The summed E-state index contributed by atoms with van der Waals surface area (Å²) in [5.41, 5.74) is 1.95. The third kappa shape index (κ3) is 6.62. The minimum absolute atomic E-state index is 0.00773. The highest BCUT2D eigenvalue weighted by Crippen LogP contribution is 2.40. The fourth-order valence-electron chi connectivity index (χ4n) is 3.91. The lowest BCUT2D eigenvalue weighted by Crippen LogP contribution is -2.10. The lowest BCUT2D eigenvalue weighted by molar-refractivity contribution is -0.385. The molecule has 0 aliphatic carbocycles. The molecule has 0 saturated heterocycles. The average Bonchev–Trinajstić information content (AvgIpc) is 2.97. The van der Waals surface area contributed by atoms with Crippen molar-refractivity contribution < 1.29 is 38.1 Å². The standard InChI is InChI=1S/C29H30N2O9/c1-35-22-9-7-8-20(12-10-19-16-24(37-3)29(40-6)25(17-19)38-4)27(22)30-26(32)13-11-18-14-21(31(33)34)28(39-5)23(15-18)36-2/h7-17H,1-6H3,(H,30,32)/b12-10?,13-11+. The highest BCUT2D eigenvalue weighted by atomic mass is 16.6. The van der Waals surface area contributed by atoms with Crippen molar-refractivity contribution in [1.82, 2.24) is 0 Å². The zero-order valence-electron chi connectivity index (χ0n) is 23.0. The lowest BCUT2D eigenvalue weighted by Gasteiger charge is -2.14. The van der Waals surface area contributed by atoms with E-state index in [1.807, 2.05) is 12.1 Å². The maximum atomic E-state index is 12.9. The molecule has 1 N–H and O–H groups in total. The second-order valence-corrected chi connectivity index (χ2v) is 8.07. The van der Waals surface area contributed by atoms with Crippen LogP contribution in [0.2, 0.25) is 0 Å². The van der Waals surface area contributed by atoms with Crippen LogP contribution in [0, 0.1) is 10.1 Å². The van der Waals surface area contributed by atoms with Crippen LogP contribution in [0.15, 0.2) is 48.5 Å². The Balaban J connectivity index is 1.92. The molecule has 1 amide bonds. The van der Waals surface area contributed by atoms with Gasteiger partial charge in [-0.2, -0.15) is 0 Å². The molecule has 0 spiro atoms. The van der Waals surface area contributed by atoms with Crippen molar-refractivity contribution >= 4 is 35.5 Å². The number of carbonyl (C=O) groups excluding carboxylic acids is 1. The number of benzene rings is 3. The molecule has 0 bridgehead atoms. The number of hydrogen-bond acceptors (Lipinski definition) is 9. The van der Waals surface area contributed by atoms with Crippen LogP contribution in [0.3, 0.4) is 0 Å². The van der Waals surface area contributed by atoms with Gasteiger partial charge in [-0.25, -0.2) is 0 Å². The quantitative estimate of drug-likeness (QED) is 0.135. The predicted molar refractivity (Wildman–Crippen MR) is 152 cm³/mol.